The van der Waals surface area contributed by atoms with Gasteiger partial charge in [0, 0.05) is 25.3 Å². The molecule has 2 aromatic rings. The maximum absolute atomic E-state index is 5.80. The van der Waals surface area contributed by atoms with Crippen molar-refractivity contribution in [2.75, 3.05) is 24.8 Å². The summed E-state index contributed by atoms with van der Waals surface area (Å²) in [6.07, 6.45) is 0. The Balaban J connectivity index is 2.60. The lowest BCUT2D eigenvalue weighted by atomic mass is 10.1. The number of para-hydroxylation sites is 1. The molecule has 6 heteroatoms. The van der Waals surface area contributed by atoms with E-state index in [0.29, 0.717) is 11.0 Å². The van der Waals surface area contributed by atoms with Gasteiger partial charge in [-0.3, -0.25) is 0 Å². The number of anilines is 1. The van der Waals surface area contributed by atoms with E-state index in [9.17, 15) is 0 Å². The first kappa shape index (κ1) is 10.8. The Kier molecular flexibility index (Phi) is 2.74. The molecule has 1 aromatic heterocycles. The summed E-state index contributed by atoms with van der Waals surface area (Å²) in [6.45, 7) is 0. The fraction of sp³-hybridized carbons (Fsp3) is 0.200. The molecule has 2 rings (SSSR count). The Bertz CT molecular complexity index is 506. The predicted octanol–water partition coefficient (Wildman–Crippen LogP) is 1.01. The molecular formula is C10H13N5S. The topological polar surface area (TPSA) is 60.0 Å². The largest absolute Gasteiger partial charge is 0.377 e. The minimum absolute atomic E-state index is 0.392. The number of hydrogen-bond donors (Lipinski definition) is 2. The summed E-state index contributed by atoms with van der Waals surface area (Å²) in [5, 5.41) is 8.23. The first-order chi connectivity index (χ1) is 7.61. The van der Waals surface area contributed by atoms with Crippen molar-refractivity contribution in [3.8, 4) is 11.4 Å². The van der Waals surface area contributed by atoms with Crippen LogP contribution in [0.4, 0.5) is 5.69 Å². The highest BCUT2D eigenvalue weighted by Crippen LogP contribution is 2.27. The highest BCUT2D eigenvalue weighted by Gasteiger charge is 2.13. The van der Waals surface area contributed by atoms with E-state index in [2.05, 4.69) is 22.8 Å². The van der Waals surface area contributed by atoms with Crippen molar-refractivity contribution in [1.29, 1.82) is 0 Å². The van der Waals surface area contributed by atoms with Crippen LogP contribution >= 0.6 is 12.6 Å². The van der Waals surface area contributed by atoms with Crippen LogP contribution in [0.1, 0.15) is 0 Å². The van der Waals surface area contributed by atoms with Gasteiger partial charge in [-0.1, -0.05) is 12.1 Å². The van der Waals surface area contributed by atoms with Crippen LogP contribution in [0.15, 0.2) is 29.4 Å². The van der Waals surface area contributed by atoms with Crippen molar-refractivity contribution in [2.45, 2.75) is 5.16 Å². The smallest absolute Gasteiger partial charge is 0.206 e. The van der Waals surface area contributed by atoms with Gasteiger partial charge in [-0.25, -0.2) is 4.68 Å². The van der Waals surface area contributed by atoms with E-state index in [1.54, 1.807) is 0 Å². The minimum Gasteiger partial charge on any atom is -0.377 e. The summed E-state index contributed by atoms with van der Waals surface area (Å²) in [4.78, 5) is 2.00. The van der Waals surface area contributed by atoms with Gasteiger partial charge in [0.05, 0.1) is 0 Å². The number of hydrogen-bond acceptors (Lipinski definition) is 5. The molecule has 0 radical (unpaired) electrons. The molecule has 0 saturated carbocycles. The van der Waals surface area contributed by atoms with E-state index in [1.165, 1.54) is 4.68 Å². The van der Waals surface area contributed by atoms with Gasteiger partial charge in [0.25, 0.3) is 0 Å². The van der Waals surface area contributed by atoms with Gasteiger partial charge < -0.3 is 10.7 Å². The third-order valence-electron chi connectivity index (χ3n) is 2.30. The first-order valence-electron chi connectivity index (χ1n) is 4.77. The summed E-state index contributed by atoms with van der Waals surface area (Å²) in [5.74, 6) is 6.41. The summed E-state index contributed by atoms with van der Waals surface area (Å²) in [7, 11) is 3.94. The molecule has 5 nitrogen and oxygen atoms in total. The number of nitrogens with two attached hydrogens (primary N) is 1. The molecule has 0 fully saturated rings. The molecule has 0 atom stereocenters. The Labute approximate surface area is 99.3 Å². The van der Waals surface area contributed by atoms with Crippen molar-refractivity contribution < 1.29 is 0 Å². The van der Waals surface area contributed by atoms with E-state index >= 15 is 0 Å². The van der Waals surface area contributed by atoms with E-state index in [1.807, 2.05) is 43.3 Å². The van der Waals surface area contributed by atoms with Gasteiger partial charge in [-0.15, -0.1) is 22.8 Å². The lowest BCUT2D eigenvalue weighted by Gasteiger charge is -2.16. The third-order valence-corrected chi connectivity index (χ3v) is 2.61. The molecule has 0 amide bonds. The molecule has 0 bridgehead atoms. The molecule has 0 spiro atoms. The van der Waals surface area contributed by atoms with E-state index in [-0.39, 0.29) is 0 Å². The van der Waals surface area contributed by atoms with Gasteiger partial charge in [-0.05, 0) is 12.1 Å². The van der Waals surface area contributed by atoms with Gasteiger partial charge in [0.15, 0.2) is 5.82 Å². The fourth-order valence-electron chi connectivity index (χ4n) is 1.52. The Morgan fingerprint density at radius 2 is 1.94 bits per heavy atom. The van der Waals surface area contributed by atoms with E-state index in [0.717, 1.165) is 11.3 Å². The van der Waals surface area contributed by atoms with Crippen molar-refractivity contribution in [2.24, 2.45) is 0 Å². The summed E-state index contributed by atoms with van der Waals surface area (Å²) >= 11 is 4.11. The molecule has 0 aliphatic heterocycles. The average Bonchev–Trinajstić information content (AvgIpc) is 2.60. The van der Waals surface area contributed by atoms with Crippen molar-refractivity contribution in [3.63, 3.8) is 0 Å². The zero-order valence-corrected chi connectivity index (χ0v) is 10.0. The number of benzene rings is 1. The fourth-order valence-corrected chi connectivity index (χ4v) is 1.66. The van der Waals surface area contributed by atoms with E-state index in [4.69, 9.17) is 5.84 Å². The van der Waals surface area contributed by atoms with Crippen LogP contribution in [-0.4, -0.2) is 29.0 Å². The maximum Gasteiger partial charge on any atom is 0.206 e. The number of thiol groups is 1. The van der Waals surface area contributed by atoms with E-state index < -0.39 is 0 Å². The highest BCUT2D eigenvalue weighted by molar-refractivity contribution is 7.80. The standard InChI is InChI=1S/C10H13N5S/c1-14(2)8-6-4-3-5-7(8)9-12-13-10(16)15(9)11/h3-6H,11H2,1-2H3,(H,13,16). The normalized spacial score (nSPS) is 10.4. The number of nitrogens with zero attached hydrogens (tertiary/aromatic N) is 4. The van der Waals surface area contributed by atoms with Gasteiger partial charge in [0.2, 0.25) is 5.16 Å². The van der Waals surface area contributed by atoms with Crippen LogP contribution in [-0.2, 0) is 0 Å². The number of nitrogen functional groups attached to an aromatic ring is 1. The van der Waals surface area contributed by atoms with Gasteiger partial charge >= 0.3 is 0 Å². The minimum atomic E-state index is 0.392. The summed E-state index contributed by atoms with van der Waals surface area (Å²) in [5.41, 5.74) is 1.97. The molecule has 0 aliphatic carbocycles. The quantitative estimate of drug-likeness (QED) is 0.602. The highest BCUT2D eigenvalue weighted by atomic mass is 32.1. The maximum atomic E-state index is 5.80. The molecular weight excluding hydrogens is 222 g/mol. The van der Waals surface area contributed by atoms with Crippen LogP contribution < -0.4 is 10.7 Å². The van der Waals surface area contributed by atoms with Crippen molar-refractivity contribution in [1.82, 2.24) is 14.9 Å². The summed E-state index contributed by atoms with van der Waals surface area (Å²) in [6, 6.07) is 7.87. The number of rotatable bonds is 2. The Morgan fingerprint density at radius 3 is 2.50 bits per heavy atom. The van der Waals surface area contributed by atoms with Crippen LogP contribution in [0.25, 0.3) is 11.4 Å². The van der Waals surface area contributed by atoms with Gasteiger partial charge in [-0.2, -0.15) is 0 Å². The van der Waals surface area contributed by atoms with Crippen molar-refractivity contribution in [3.05, 3.63) is 24.3 Å². The lowest BCUT2D eigenvalue weighted by molar-refractivity contribution is 0.855. The van der Waals surface area contributed by atoms with Gasteiger partial charge in [0.1, 0.15) is 0 Å². The molecule has 1 heterocycles. The SMILES string of the molecule is CN(C)c1ccccc1-c1nnc(S)n1N. The second kappa shape index (κ2) is 4.05. The molecule has 16 heavy (non-hydrogen) atoms. The molecule has 0 unspecified atom stereocenters. The summed E-state index contributed by atoms with van der Waals surface area (Å²) < 4.78 is 1.37. The van der Waals surface area contributed by atoms with Crippen LogP contribution in [0.3, 0.4) is 0 Å². The van der Waals surface area contributed by atoms with Crippen LogP contribution in [0, 0.1) is 0 Å². The van der Waals surface area contributed by atoms with Crippen LogP contribution in [0.2, 0.25) is 0 Å². The molecule has 2 N–H and O–H groups in total. The second-order valence-corrected chi connectivity index (χ2v) is 4.01. The Morgan fingerprint density at radius 1 is 1.25 bits per heavy atom. The second-order valence-electron chi connectivity index (χ2n) is 3.61. The monoisotopic (exact) mass is 235 g/mol. The molecule has 0 saturated heterocycles. The molecule has 0 aliphatic rings. The lowest BCUT2D eigenvalue weighted by Crippen LogP contribution is -2.14. The zero-order valence-electron chi connectivity index (χ0n) is 9.12. The third kappa shape index (κ3) is 1.71. The predicted molar refractivity (Wildman–Crippen MR) is 67.2 cm³/mol. The average molecular weight is 235 g/mol. The first-order valence-corrected chi connectivity index (χ1v) is 5.22. The molecule has 1 aromatic carbocycles. The zero-order chi connectivity index (χ0) is 11.7. The van der Waals surface area contributed by atoms with Crippen molar-refractivity contribution >= 4 is 18.3 Å². The Hall–Kier alpha value is -1.69. The molecule has 84 valence electrons. The number of aromatic nitrogens is 3. The van der Waals surface area contributed by atoms with Crippen LogP contribution in [0.5, 0.6) is 0 Å².